The lowest BCUT2D eigenvalue weighted by Gasteiger charge is -2.44. The summed E-state index contributed by atoms with van der Waals surface area (Å²) in [5, 5.41) is 0. The van der Waals surface area contributed by atoms with Crippen LogP contribution in [0.3, 0.4) is 0 Å². The van der Waals surface area contributed by atoms with Crippen LogP contribution in [0.4, 0.5) is 22.9 Å². The van der Waals surface area contributed by atoms with E-state index in [1.165, 1.54) is 16.9 Å². The van der Waals surface area contributed by atoms with Crippen LogP contribution in [0, 0.1) is 5.92 Å². The summed E-state index contributed by atoms with van der Waals surface area (Å²) < 4.78 is 0. The molecule has 0 radical (unpaired) electrons. The van der Waals surface area contributed by atoms with Crippen LogP contribution < -0.4 is 9.80 Å². The van der Waals surface area contributed by atoms with Gasteiger partial charge in [0.15, 0.2) is 5.82 Å². The Morgan fingerprint density at radius 1 is 0.840 bits per heavy atom. The highest BCUT2D eigenvalue weighted by Crippen LogP contribution is 2.54. The van der Waals surface area contributed by atoms with E-state index < -0.39 is 0 Å². The first-order chi connectivity index (χ1) is 12.3. The van der Waals surface area contributed by atoms with Gasteiger partial charge in [-0.1, -0.05) is 50.2 Å². The lowest BCUT2D eigenvalue weighted by Crippen LogP contribution is -2.48. The van der Waals surface area contributed by atoms with Crippen molar-refractivity contribution in [1.82, 2.24) is 9.97 Å². The molecule has 0 bridgehead atoms. The van der Waals surface area contributed by atoms with Crippen LogP contribution in [0.5, 0.6) is 0 Å². The predicted molar refractivity (Wildman–Crippen MR) is 101 cm³/mol. The van der Waals surface area contributed by atoms with Crippen LogP contribution >= 0.6 is 0 Å². The van der Waals surface area contributed by atoms with Gasteiger partial charge in [0.1, 0.15) is 18.2 Å². The van der Waals surface area contributed by atoms with E-state index in [9.17, 15) is 0 Å². The molecule has 5 rings (SSSR count). The van der Waals surface area contributed by atoms with Crippen molar-refractivity contribution in [2.24, 2.45) is 5.92 Å². The SMILES string of the molecule is CC1c2ccccc2N2c3cncnc3N(c3ccccc3)C2C1C. The van der Waals surface area contributed by atoms with Crippen molar-refractivity contribution in [3.8, 4) is 0 Å². The van der Waals surface area contributed by atoms with E-state index in [-0.39, 0.29) is 6.17 Å². The summed E-state index contributed by atoms with van der Waals surface area (Å²) in [5.74, 6) is 1.91. The Balaban J connectivity index is 1.77. The largest absolute Gasteiger partial charge is 0.315 e. The predicted octanol–water partition coefficient (Wildman–Crippen LogP) is 4.85. The maximum atomic E-state index is 4.65. The van der Waals surface area contributed by atoms with Crippen molar-refractivity contribution < 1.29 is 0 Å². The molecule has 0 saturated carbocycles. The topological polar surface area (TPSA) is 32.3 Å². The van der Waals surface area contributed by atoms with Crippen LogP contribution in [0.25, 0.3) is 0 Å². The molecule has 0 spiro atoms. The zero-order chi connectivity index (χ0) is 17.0. The maximum absolute atomic E-state index is 4.65. The molecule has 124 valence electrons. The van der Waals surface area contributed by atoms with Crippen molar-refractivity contribution in [3.05, 3.63) is 72.7 Å². The molecule has 3 heterocycles. The van der Waals surface area contributed by atoms with E-state index in [1.807, 2.05) is 6.20 Å². The molecular formula is C21H20N4. The van der Waals surface area contributed by atoms with Gasteiger partial charge in [0.2, 0.25) is 0 Å². The standard InChI is InChI=1S/C21H20N4/c1-14-15(2)21-24(16-8-4-3-5-9-16)20-19(12-22-13-23-20)25(21)18-11-7-6-10-17(14)18/h3-15,21H,1-2H3. The Labute approximate surface area is 147 Å². The number of benzene rings is 2. The van der Waals surface area contributed by atoms with Gasteiger partial charge >= 0.3 is 0 Å². The molecule has 0 amide bonds. The van der Waals surface area contributed by atoms with Gasteiger partial charge in [0.25, 0.3) is 0 Å². The molecule has 2 aliphatic heterocycles. The fraction of sp³-hybridized carbons (Fsp3) is 0.238. The van der Waals surface area contributed by atoms with Gasteiger partial charge in [0, 0.05) is 17.3 Å². The molecule has 4 nitrogen and oxygen atoms in total. The number of para-hydroxylation sites is 2. The van der Waals surface area contributed by atoms with E-state index in [0.29, 0.717) is 11.8 Å². The van der Waals surface area contributed by atoms with Crippen molar-refractivity contribution in [2.45, 2.75) is 25.9 Å². The Hall–Kier alpha value is -2.88. The number of rotatable bonds is 1. The molecular weight excluding hydrogens is 308 g/mol. The van der Waals surface area contributed by atoms with Crippen LogP contribution in [0.15, 0.2) is 67.1 Å². The van der Waals surface area contributed by atoms with Crippen LogP contribution in [-0.4, -0.2) is 16.1 Å². The second-order valence-corrected chi connectivity index (χ2v) is 6.93. The molecule has 2 aromatic carbocycles. The third-order valence-electron chi connectivity index (χ3n) is 5.67. The number of hydrogen-bond donors (Lipinski definition) is 0. The number of aromatic nitrogens is 2. The van der Waals surface area contributed by atoms with Gasteiger partial charge < -0.3 is 9.80 Å². The van der Waals surface area contributed by atoms with Gasteiger partial charge in [-0.15, -0.1) is 0 Å². The Bertz CT molecular complexity index is 924. The molecule has 3 atom stereocenters. The van der Waals surface area contributed by atoms with E-state index in [0.717, 1.165) is 11.5 Å². The normalized spacial score (nSPS) is 23.8. The Kier molecular flexibility index (Phi) is 3.07. The number of nitrogens with zero attached hydrogens (tertiary/aromatic N) is 4. The average Bonchev–Trinajstić information content (AvgIpc) is 3.02. The number of hydrogen-bond acceptors (Lipinski definition) is 4. The fourth-order valence-corrected chi connectivity index (χ4v) is 4.29. The molecule has 3 aromatic rings. The average molecular weight is 328 g/mol. The van der Waals surface area contributed by atoms with Crippen molar-refractivity contribution in [1.29, 1.82) is 0 Å². The van der Waals surface area contributed by atoms with Crippen LogP contribution in [-0.2, 0) is 0 Å². The molecule has 3 unspecified atom stereocenters. The summed E-state index contributed by atoms with van der Waals surface area (Å²) in [7, 11) is 0. The molecule has 25 heavy (non-hydrogen) atoms. The van der Waals surface area contributed by atoms with E-state index in [2.05, 4.69) is 88.2 Å². The Morgan fingerprint density at radius 3 is 2.44 bits per heavy atom. The number of fused-ring (bicyclic) bond motifs is 5. The summed E-state index contributed by atoms with van der Waals surface area (Å²) in [6.07, 6.45) is 3.80. The van der Waals surface area contributed by atoms with Gasteiger partial charge in [-0.25, -0.2) is 9.97 Å². The molecule has 2 aliphatic rings. The minimum Gasteiger partial charge on any atom is -0.315 e. The van der Waals surface area contributed by atoms with Gasteiger partial charge in [-0.2, -0.15) is 0 Å². The smallest absolute Gasteiger partial charge is 0.162 e. The van der Waals surface area contributed by atoms with E-state index in [4.69, 9.17) is 0 Å². The molecule has 0 saturated heterocycles. The molecule has 1 aromatic heterocycles. The lowest BCUT2D eigenvalue weighted by atomic mass is 9.81. The Morgan fingerprint density at radius 2 is 1.60 bits per heavy atom. The van der Waals surface area contributed by atoms with Gasteiger partial charge in [0.05, 0.1) is 6.20 Å². The minimum atomic E-state index is 0.207. The molecule has 4 heteroatoms. The highest BCUT2D eigenvalue weighted by molar-refractivity contribution is 5.87. The number of anilines is 4. The summed E-state index contributed by atoms with van der Waals surface area (Å²) in [4.78, 5) is 13.7. The van der Waals surface area contributed by atoms with Crippen molar-refractivity contribution >= 4 is 22.9 Å². The summed E-state index contributed by atoms with van der Waals surface area (Å²) >= 11 is 0. The highest BCUT2D eigenvalue weighted by Gasteiger charge is 2.47. The van der Waals surface area contributed by atoms with Gasteiger partial charge in [-0.3, -0.25) is 0 Å². The zero-order valence-corrected chi connectivity index (χ0v) is 14.4. The summed E-state index contributed by atoms with van der Waals surface area (Å²) in [6, 6.07) is 19.3. The maximum Gasteiger partial charge on any atom is 0.162 e. The third kappa shape index (κ3) is 1.94. The van der Waals surface area contributed by atoms with E-state index >= 15 is 0 Å². The summed E-state index contributed by atoms with van der Waals surface area (Å²) in [6.45, 7) is 4.67. The van der Waals surface area contributed by atoms with Crippen LogP contribution in [0.2, 0.25) is 0 Å². The van der Waals surface area contributed by atoms with E-state index in [1.54, 1.807) is 6.33 Å². The monoisotopic (exact) mass is 328 g/mol. The minimum absolute atomic E-state index is 0.207. The highest BCUT2D eigenvalue weighted by atomic mass is 15.5. The first-order valence-electron chi connectivity index (χ1n) is 8.80. The lowest BCUT2D eigenvalue weighted by molar-refractivity contribution is 0.386. The second kappa shape index (κ2) is 5.31. The third-order valence-corrected chi connectivity index (χ3v) is 5.67. The quantitative estimate of drug-likeness (QED) is 0.639. The first-order valence-corrected chi connectivity index (χ1v) is 8.80. The molecule has 0 fully saturated rings. The second-order valence-electron chi connectivity index (χ2n) is 6.93. The van der Waals surface area contributed by atoms with Crippen LogP contribution in [0.1, 0.15) is 25.3 Å². The fourth-order valence-electron chi connectivity index (χ4n) is 4.29. The van der Waals surface area contributed by atoms with Crippen molar-refractivity contribution in [3.63, 3.8) is 0 Å². The van der Waals surface area contributed by atoms with Gasteiger partial charge in [-0.05, 0) is 29.7 Å². The first kappa shape index (κ1) is 14.5. The summed E-state index contributed by atoms with van der Waals surface area (Å²) in [5.41, 5.74) is 4.93. The zero-order valence-electron chi connectivity index (χ0n) is 14.4. The van der Waals surface area contributed by atoms with Crippen molar-refractivity contribution in [2.75, 3.05) is 9.80 Å². The molecule has 0 aliphatic carbocycles. The molecule has 0 N–H and O–H groups in total.